The minimum atomic E-state index is -0.941. The van der Waals surface area contributed by atoms with Crippen LogP contribution in [0.2, 0.25) is 0 Å². The van der Waals surface area contributed by atoms with Gasteiger partial charge in [-0.15, -0.1) is 0 Å². The largest absolute Gasteiger partial charge is 0.481 e. The van der Waals surface area contributed by atoms with Crippen molar-refractivity contribution < 1.29 is 14.6 Å². The predicted molar refractivity (Wildman–Crippen MR) is 31.1 cm³/mol. The minimum Gasteiger partial charge on any atom is -0.481 e. The maximum absolute atomic E-state index is 10.3. The molecule has 2 atom stereocenters. The van der Waals surface area contributed by atoms with Gasteiger partial charge in [0.25, 0.3) is 0 Å². The van der Waals surface area contributed by atoms with Gasteiger partial charge in [0, 0.05) is 6.61 Å². The predicted octanol–water partition coefficient (Wildman–Crippen LogP) is -0.000320. The molecule has 1 fully saturated rings. The van der Waals surface area contributed by atoms with Crippen molar-refractivity contribution >= 4 is 5.97 Å². The number of rotatable bonds is 1. The summed E-state index contributed by atoms with van der Waals surface area (Å²) in [5.74, 6) is -1.56. The lowest BCUT2D eigenvalue weighted by Crippen LogP contribution is -2.21. The van der Waals surface area contributed by atoms with Crippen molar-refractivity contribution in [2.45, 2.75) is 12.5 Å². The van der Waals surface area contributed by atoms with E-state index in [-0.39, 0.29) is 0 Å². The second-order valence-corrected chi connectivity index (χ2v) is 2.15. The molecular weight excluding hydrogens is 134 g/mol. The van der Waals surface area contributed by atoms with E-state index in [1.165, 1.54) is 0 Å². The van der Waals surface area contributed by atoms with Crippen LogP contribution in [0.3, 0.4) is 0 Å². The first kappa shape index (κ1) is 7.03. The van der Waals surface area contributed by atoms with E-state index >= 15 is 0 Å². The third-order valence-corrected chi connectivity index (χ3v) is 1.54. The molecular formula is C6H7NO3. The summed E-state index contributed by atoms with van der Waals surface area (Å²) in [7, 11) is 0. The zero-order valence-corrected chi connectivity index (χ0v) is 5.28. The Bertz CT molecular complexity index is 184. The van der Waals surface area contributed by atoms with Crippen molar-refractivity contribution in [3.05, 3.63) is 0 Å². The quantitative estimate of drug-likeness (QED) is 0.558. The van der Waals surface area contributed by atoms with Gasteiger partial charge in [0.15, 0.2) is 6.10 Å². The maximum Gasteiger partial charge on any atom is 0.310 e. The average Bonchev–Trinajstić information content (AvgIpc) is 2.33. The van der Waals surface area contributed by atoms with Crippen LogP contribution in [0, 0.1) is 17.2 Å². The highest BCUT2D eigenvalue weighted by Gasteiger charge is 2.33. The number of nitriles is 1. The van der Waals surface area contributed by atoms with Crippen LogP contribution in [0.4, 0.5) is 0 Å². The molecule has 1 rings (SSSR count). The highest BCUT2D eigenvalue weighted by molar-refractivity contribution is 5.71. The van der Waals surface area contributed by atoms with Crippen LogP contribution in [-0.4, -0.2) is 23.8 Å². The molecule has 0 aromatic heterocycles. The molecule has 0 radical (unpaired) electrons. The zero-order chi connectivity index (χ0) is 7.56. The molecule has 1 saturated heterocycles. The second kappa shape index (κ2) is 2.67. The molecule has 4 nitrogen and oxygen atoms in total. The van der Waals surface area contributed by atoms with Crippen LogP contribution >= 0.6 is 0 Å². The van der Waals surface area contributed by atoms with E-state index in [1.807, 2.05) is 0 Å². The second-order valence-electron chi connectivity index (χ2n) is 2.15. The average molecular weight is 141 g/mol. The highest BCUT2D eigenvalue weighted by atomic mass is 16.5. The normalized spacial score (nSPS) is 31.5. The minimum absolute atomic E-state index is 0.384. The van der Waals surface area contributed by atoms with Gasteiger partial charge in [-0.2, -0.15) is 5.26 Å². The van der Waals surface area contributed by atoms with Crippen molar-refractivity contribution in [1.82, 2.24) is 0 Å². The lowest BCUT2D eigenvalue weighted by atomic mass is 10.0. The van der Waals surface area contributed by atoms with Crippen LogP contribution in [0.15, 0.2) is 0 Å². The summed E-state index contributed by atoms with van der Waals surface area (Å²) < 4.78 is 4.83. The Morgan fingerprint density at radius 1 is 1.80 bits per heavy atom. The monoisotopic (exact) mass is 141 g/mol. The number of carbonyl (C=O) groups is 1. The lowest BCUT2D eigenvalue weighted by Gasteiger charge is -2.03. The van der Waals surface area contributed by atoms with Gasteiger partial charge in [-0.3, -0.25) is 4.79 Å². The van der Waals surface area contributed by atoms with Gasteiger partial charge in [-0.25, -0.2) is 0 Å². The fourth-order valence-electron chi connectivity index (χ4n) is 0.970. The first-order chi connectivity index (χ1) is 4.75. The molecule has 0 aliphatic carbocycles. The molecule has 0 amide bonds. The molecule has 0 saturated carbocycles. The number of hydrogen-bond acceptors (Lipinski definition) is 3. The van der Waals surface area contributed by atoms with Gasteiger partial charge in [-0.1, -0.05) is 0 Å². The topological polar surface area (TPSA) is 70.3 Å². The Morgan fingerprint density at radius 2 is 2.50 bits per heavy atom. The van der Waals surface area contributed by atoms with Crippen molar-refractivity contribution in [3.63, 3.8) is 0 Å². The highest BCUT2D eigenvalue weighted by Crippen LogP contribution is 2.19. The molecule has 1 heterocycles. The number of aliphatic carboxylic acids is 1. The van der Waals surface area contributed by atoms with Crippen LogP contribution in [0.1, 0.15) is 6.42 Å². The van der Waals surface area contributed by atoms with E-state index in [0.717, 1.165) is 0 Å². The van der Waals surface area contributed by atoms with E-state index < -0.39 is 18.0 Å². The number of carboxylic acid groups (broad SMARTS) is 1. The summed E-state index contributed by atoms with van der Waals surface area (Å²) in [4.78, 5) is 10.3. The smallest absolute Gasteiger partial charge is 0.310 e. The number of hydrogen-bond donors (Lipinski definition) is 1. The van der Waals surface area contributed by atoms with Crippen molar-refractivity contribution in [3.8, 4) is 6.07 Å². The van der Waals surface area contributed by atoms with E-state index in [9.17, 15) is 4.79 Å². The van der Waals surface area contributed by atoms with E-state index in [0.29, 0.717) is 13.0 Å². The summed E-state index contributed by atoms with van der Waals surface area (Å²) in [6, 6.07) is 1.79. The summed E-state index contributed by atoms with van der Waals surface area (Å²) in [6.45, 7) is 0.384. The van der Waals surface area contributed by atoms with Gasteiger partial charge in [-0.05, 0) is 6.42 Å². The molecule has 0 aromatic rings. The Labute approximate surface area is 58.0 Å². The van der Waals surface area contributed by atoms with E-state index in [4.69, 9.17) is 15.1 Å². The summed E-state index contributed by atoms with van der Waals surface area (Å²) in [5, 5.41) is 16.8. The van der Waals surface area contributed by atoms with Gasteiger partial charge in [0.1, 0.15) is 0 Å². The maximum atomic E-state index is 10.3. The fraction of sp³-hybridized carbons (Fsp3) is 0.667. The van der Waals surface area contributed by atoms with Crippen LogP contribution < -0.4 is 0 Å². The van der Waals surface area contributed by atoms with Gasteiger partial charge in [0.05, 0.1) is 12.0 Å². The third-order valence-electron chi connectivity index (χ3n) is 1.54. The summed E-state index contributed by atoms with van der Waals surface area (Å²) in [6.07, 6.45) is -0.286. The number of nitrogens with zero attached hydrogens (tertiary/aromatic N) is 1. The molecule has 0 bridgehead atoms. The van der Waals surface area contributed by atoms with Gasteiger partial charge in [0.2, 0.25) is 0 Å². The molecule has 0 spiro atoms. The molecule has 54 valence electrons. The standard InChI is InChI=1S/C6H7NO3/c7-3-5-4(6(8)9)1-2-10-5/h4-5H,1-2H2,(H,8,9). The molecule has 1 aliphatic rings. The first-order valence-electron chi connectivity index (χ1n) is 2.99. The lowest BCUT2D eigenvalue weighted by molar-refractivity contribution is -0.142. The molecule has 4 heteroatoms. The summed E-state index contributed by atoms with van der Waals surface area (Å²) in [5.41, 5.74) is 0. The summed E-state index contributed by atoms with van der Waals surface area (Å²) >= 11 is 0. The molecule has 10 heavy (non-hydrogen) atoms. The molecule has 0 aromatic carbocycles. The van der Waals surface area contributed by atoms with E-state index in [1.54, 1.807) is 6.07 Å². The zero-order valence-electron chi connectivity index (χ0n) is 5.28. The van der Waals surface area contributed by atoms with Crippen molar-refractivity contribution in [2.24, 2.45) is 5.92 Å². The van der Waals surface area contributed by atoms with Gasteiger partial charge >= 0.3 is 5.97 Å². The van der Waals surface area contributed by atoms with Crippen molar-refractivity contribution in [1.29, 1.82) is 5.26 Å². The van der Waals surface area contributed by atoms with Gasteiger partial charge < -0.3 is 9.84 Å². The fourth-order valence-corrected chi connectivity index (χ4v) is 0.970. The van der Waals surface area contributed by atoms with Crippen LogP contribution in [0.5, 0.6) is 0 Å². The first-order valence-corrected chi connectivity index (χ1v) is 2.99. The number of ether oxygens (including phenoxy) is 1. The number of carboxylic acids is 1. The molecule has 1 aliphatic heterocycles. The molecule has 2 unspecified atom stereocenters. The van der Waals surface area contributed by atoms with E-state index in [2.05, 4.69) is 0 Å². The Kier molecular flexibility index (Phi) is 1.88. The Hall–Kier alpha value is -1.08. The Morgan fingerprint density at radius 3 is 2.90 bits per heavy atom. The molecule has 1 N–H and O–H groups in total. The SMILES string of the molecule is N#CC1OCCC1C(=O)O. The van der Waals surface area contributed by atoms with Crippen molar-refractivity contribution in [2.75, 3.05) is 6.61 Å². The Balaban J connectivity index is 2.61. The third kappa shape index (κ3) is 1.09. The van der Waals surface area contributed by atoms with Crippen LogP contribution in [0.25, 0.3) is 0 Å². The van der Waals surface area contributed by atoms with Crippen LogP contribution in [-0.2, 0) is 9.53 Å².